The summed E-state index contributed by atoms with van der Waals surface area (Å²) in [7, 11) is 0. The zero-order valence-electron chi connectivity index (χ0n) is 12.8. The number of hydrogen-bond acceptors (Lipinski definition) is 4. The van der Waals surface area contributed by atoms with E-state index >= 15 is 0 Å². The molecule has 1 heterocycles. The molecular formula is C18H14N2O3S. The number of nitrogens with one attached hydrogen (secondary N) is 2. The van der Waals surface area contributed by atoms with Crippen LogP contribution in [0.5, 0.6) is 5.75 Å². The Kier molecular flexibility index (Phi) is 4.39. The standard InChI is InChI=1S/C18H14N2O3S/c1-11-4-2-6-13(8-11)17(22)23-14-7-3-5-12(9-14)10-15-16(21)20-18(24)19-15/h2-10H,1H3,(H2,19,20,21,24). The number of carbonyl (C=O) groups excluding carboxylic acids is 2. The van der Waals surface area contributed by atoms with E-state index in [0.29, 0.717) is 22.6 Å². The minimum atomic E-state index is -0.429. The molecule has 2 aromatic carbocycles. The molecule has 0 bridgehead atoms. The van der Waals surface area contributed by atoms with Crippen LogP contribution in [0.4, 0.5) is 0 Å². The average Bonchev–Trinajstić information content (AvgIpc) is 2.85. The first-order valence-corrected chi connectivity index (χ1v) is 7.65. The Labute approximate surface area is 144 Å². The van der Waals surface area contributed by atoms with Crippen molar-refractivity contribution in [1.29, 1.82) is 0 Å². The van der Waals surface area contributed by atoms with Gasteiger partial charge in [0.15, 0.2) is 5.11 Å². The average molecular weight is 338 g/mol. The van der Waals surface area contributed by atoms with Crippen molar-refractivity contribution >= 4 is 35.3 Å². The lowest BCUT2D eigenvalue weighted by Gasteiger charge is -2.06. The third-order valence-electron chi connectivity index (χ3n) is 3.35. The van der Waals surface area contributed by atoms with Gasteiger partial charge in [0.2, 0.25) is 0 Å². The number of amides is 1. The van der Waals surface area contributed by atoms with E-state index in [1.165, 1.54) is 0 Å². The summed E-state index contributed by atoms with van der Waals surface area (Å²) >= 11 is 4.88. The van der Waals surface area contributed by atoms with Crippen molar-refractivity contribution in [2.45, 2.75) is 6.92 Å². The first kappa shape index (κ1) is 15.9. The maximum absolute atomic E-state index is 12.2. The third kappa shape index (κ3) is 3.67. The van der Waals surface area contributed by atoms with Crippen molar-refractivity contribution in [2.24, 2.45) is 0 Å². The molecule has 1 amide bonds. The van der Waals surface area contributed by atoms with Crippen LogP contribution in [0.2, 0.25) is 0 Å². The molecule has 0 saturated carbocycles. The first-order valence-electron chi connectivity index (χ1n) is 7.24. The van der Waals surface area contributed by atoms with Crippen molar-refractivity contribution in [3.8, 4) is 5.75 Å². The summed E-state index contributed by atoms with van der Waals surface area (Å²) in [4.78, 5) is 23.8. The Balaban J connectivity index is 1.78. The summed E-state index contributed by atoms with van der Waals surface area (Å²) in [5.74, 6) is -0.319. The van der Waals surface area contributed by atoms with Gasteiger partial charge >= 0.3 is 5.97 Å². The maximum atomic E-state index is 12.2. The second kappa shape index (κ2) is 6.64. The van der Waals surface area contributed by atoms with Gasteiger partial charge in [0.05, 0.1) is 5.56 Å². The van der Waals surface area contributed by atoms with E-state index in [4.69, 9.17) is 17.0 Å². The predicted molar refractivity (Wildman–Crippen MR) is 94.4 cm³/mol. The highest BCUT2D eigenvalue weighted by atomic mass is 32.1. The van der Waals surface area contributed by atoms with Gasteiger partial charge in [-0.1, -0.05) is 29.8 Å². The molecule has 2 N–H and O–H groups in total. The summed E-state index contributed by atoms with van der Waals surface area (Å²) in [6.45, 7) is 1.91. The lowest BCUT2D eigenvalue weighted by atomic mass is 10.1. The number of benzene rings is 2. The van der Waals surface area contributed by atoms with Crippen molar-refractivity contribution in [1.82, 2.24) is 10.6 Å². The fraction of sp³-hybridized carbons (Fsp3) is 0.0556. The molecule has 3 rings (SSSR count). The Morgan fingerprint density at radius 2 is 1.92 bits per heavy atom. The van der Waals surface area contributed by atoms with Gasteiger partial charge in [0.25, 0.3) is 5.91 Å². The summed E-state index contributed by atoms with van der Waals surface area (Å²) < 4.78 is 5.39. The monoisotopic (exact) mass is 338 g/mol. The first-order chi connectivity index (χ1) is 11.5. The molecule has 0 radical (unpaired) electrons. The zero-order chi connectivity index (χ0) is 17.1. The molecule has 0 atom stereocenters. The normalized spacial score (nSPS) is 15.1. The molecule has 24 heavy (non-hydrogen) atoms. The lowest BCUT2D eigenvalue weighted by Crippen LogP contribution is -2.21. The minimum absolute atomic E-state index is 0.272. The molecule has 0 spiro atoms. The van der Waals surface area contributed by atoms with Crippen molar-refractivity contribution < 1.29 is 14.3 Å². The second-order valence-corrected chi connectivity index (χ2v) is 5.71. The topological polar surface area (TPSA) is 67.4 Å². The Morgan fingerprint density at radius 3 is 2.62 bits per heavy atom. The highest BCUT2D eigenvalue weighted by Crippen LogP contribution is 2.18. The lowest BCUT2D eigenvalue weighted by molar-refractivity contribution is -0.115. The van der Waals surface area contributed by atoms with Gasteiger partial charge in [0.1, 0.15) is 11.4 Å². The molecule has 0 aliphatic carbocycles. The van der Waals surface area contributed by atoms with E-state index in [-0.39, 0.29) is 11.0 Å². The molecule has 0 unspecified atom stereocenters. The van der Waals surface area contributed by atoms with E-state index in [1.54, 1.807) is 48.5 Å². The Hall–Kier alpha value is -2.99. The molecule has 120 valence electrons. The summed E-state index contributed by atoms with van der Waals surface area (Å²) in [5.41, 5.74) is 2.53. The third-order valence-corrected chi connectivity index (χ3v) is 3.56. The van der Waals surface area contributed by atoms with Crippen LogP contribution in [0, 0.1) is 6.92 Å². The number of rotatable bonds is 3. The Bertz CT molecular complexity index is 874. The van der Waals surface area contributed by atoms with Crippen LogP contribution in [0.1, 0.15) is 21.5 Å². The van der Waals surface area contributed by atoms with Crippen LogP contribution in [0.15, 0.2) is 54.2 Å². The fourth-order valence-corrected chi connectivity index (χ4v) is 2.46. The number of ether oxygens (including phenoxy) is 1. The highest BCUT2D eigenvalue weighted by Gasteiger charge is 2.19. The number of thiocarbonyl (C=S) groups is 1. The van der Waals surface area contributed by atoms with E-state index in [9.17, 15) is 9.59 Å². The van der Waals surface area contributed by atoms with Gasteiger partial charge in [-0.15, -0.1) is 0 Å². The SMILES string of the molecule is Cc1cccc(C(=O)Oc2cccc(C=C3NC(=S)NC3=O)c2)c1. The summed E-state index contributed by atoms with van der Waals surface area (Å²) in [6, 6.07) is 14.1. The molecule has 1 aliphatic rings. The van der Waals surface area contributed by atoms with Crippen molar-refractivity contribution in [3.63, 3.8) is 0 Å². The molecule has 1 fully saturated rings. The summed E-state index contributed by atoms with van der Waals surface area (Å²) in [6.07, 6.45) is 1.64. The van der Waals surface area contributed by atoms with Gasteiger partial charge < -0.3 is 10.1 Å². The van der Waals surface area contributed by atoms with Gasteiger partial charge in [-0.25, -0.2) is 4.79 Å². The van der Waals surface area contributed by atoms with Gasteiger partial charge in [-0.05, 0) is 55.0 Å². The number of hydrogen-bond donors (Lipinski definition) is 2. The fourth-order valence-electron chi connectivity index (χ4n) is 2.25. The largest absolute Gasteiger partial charge is 0.423 e. The van der Waals surface area contributed by atoms with Crippen LogP contribution in [0.3, 0.4) is 0 Å². The number of carbonyl (C=O) groups is 2. The van der Waals surface area contributed by atoms with Gasteiger partial charge in [-0.2, -0.15) is 0 Å². The van der Waals surface area contributed by atoms with Crippen LogP contribution in [-0.2, 0) is 4.79 Å². The van der Waals surface area contributed by atoms with E-state index in [0.717, 1.165) is 5.56 Å². The Morgan fingerprint density at radius 1 is 1.12 bits per heavy atom. The number of aryl methyl sites for hydroxylation is 1. The van der Waals surface area contributed by atoms with Gasteiger partial charge in [0, 0.05) is 0 Å². The zero-order valence-corrected chi connectivity index (χ0v) is 13.6. The van der Waals surface area contributed by atoms with Crippen LogP contribution >= 0.6 is 12.2 Å². The molecule has 0 aromatic heterocycles. The minimum Gasteiger partial charge on any atom is -0.423 e. The van der Waals surface area contributed by atoms with Gasteiger partial charge in [-0.3, -0.25) is 10.1 Å². The van der Waals surface area contributed by atoms with Crippen molar-refractivity contribution in [3.05, 3.63) is 70.9 Å². The van der Waals surface area contributed by atoms with Crippen molar-refractivity contribution in [2.75, 3.05) is 0 Å². The smallest absolute Gasteiger partial charge is 0.343 e. The molecular weight excluding hydrogens is 324 g/mol. The quantitative estimate of drug-likeness (QED) is 0.390. The highest BCUT2D eigenvalue weighted by molar-refractivity contribution is 7.80. The molecule has 1 aliphatic heterocycles. The van der Waals surface area contributed by atoms with Crippen LogP contribution in [0.25, 0.3) is 6.08 Å². The second-order valence-electron chi connectivity index (χ2n) is 5.30. The predicted octanol–water partition coefficient (Wildman–Crippen LogP) is 2.56. The van der Waals surface area contributed by atoms with Crippen LogP contribution < -0.4 is 15.4 Å². The number of esters is 1. The molecule has 2 aromatic rings. The van der Waals surface area contributed by atoms with E-state index < -0.39 is 5.97 Å². The van der Waals surface area contributed by atoms with E-state index in [2.05, 4.69) is 10.6 Å². The summed E-state index contributed by atoms with van der Waals surface area (Å²) in [5, 5.41) is 5.53. The molecule has 5 nitrogen and oxygen atoms in total. The molecule has 1 saturated heterocycles. The maximum Gasteiger partial charge on any atom is 0.343 e. The molecule has 6 heteroatoms. The van der Waals surface area contributed by atoms with Crippen LogP contribution in [-0.4, -0.2) is 17.0 Å². The van der Waals surface area contributed by atoms with E-state index in [1.807, 2.05) is 13.0 Å².